The summed E-state index contributed by atoms with van der Waals surface area (Å²) in [6.45, 7) is 4.16. The number of carbonyl (C=O) groups excluding carboxylic acids is 1. The van der Waals surface area contributed by atoms with Crippen LogP contribution < -0.4 is 10.1 Å². The van der Waals surface area contributed by atoms with Gasteiger partial charge in [-0.15, -0.1) is 0 Å². The molecule has 0 heterocycles. The molecule has 1 fully saturated rings. The van der Waals surface area contributed by atoms with Gasteiger partial charge in [0, 0.05) is 0 Å². The zero-order chi connectivity index (χ0) is 18.6. The first-order chi connectivity index (χ1) is 12.6. The summed E-state index contributed by atoms with van der Waals surface area (Å²) in [6, 6.07) is 16.5. The van der Waals surface area contributed by atoms with Gasteiger partial charge in [0.2, 0.25) is 5.91 Å². The smallest absolute Gasteiger partial charge is 0.231 e. The standard InChI is InChI=1S/C23H29NO2/c1-4-20(18-12-13-21(26-3)17(2)16-18)24-22(25)23(14-8-9-15-23)19-10-6-5-7-11-19/h5-7,10-13,16,20H,4,8-9,14-15H2,1-3H3,(H,24,25). The van der Waals surface area contributed by atoms with E-state index in [9.17, 15) is 4.79 Å². The maximum atomic E-state index is 13.4. The quantitative estimate of drug-likeness (QED) is 0.788. The van der Waals surface area contributed by atoms with Crippen LogP contribution in [-0.2, 0) is 10.2 Å². The summed E-state index contributed by atoms with van der Waals surface area (Å²) in [5.74, 6) is 1.05. The van der Waals surface area contributed by atoms with Crippen molar-refractivity contribution in [1.29, 1.82) is 0 Å². The highest BCUT2D eigenvalue weighted by Gasteiger charge is 2.43. The van der Waals surface area contributed by atoms with Gasteiger partial charge in [0.05, 0.1) is 18.6 Å². The number of carbonyl (C=O) groups is 1. The second-order valence-corrected chi connectivity index (χ2v) is 7.32. The van der Waals surface area contributed by atoms with Crippen LogP contribution in [0.5, 0.6) is 5.75 Å². The van der Waals surface area contributed by atoms with Crippen molar-refractivity contribution >= 4 is 5.91 Å². The Morgan fingerprint density at radius 1 is 1.15 bits per heavy atom. The van der Waals surface area contributed by atoms with Crippen LogP contribution in [0, 0.1) is 6.92 Å². The lowest BCUT2D eigenvalue weighted by molar-refractivity contribution is -0.127. The molecule has 1 aliphatic carbocycles. The van der Waals surface area contributed by atoms with E-state index < -0.39 is 0 Å². The van der Waals surface area contributed by atoms with E-state index in [1.54, 1.807) is 7.11 Å². The Labute approximate surface area is 156 Å². The lowest BCUT2D eigenvalue weighted by atomic mass is 9.77. The van der Waals surface area contributed by atoms with E-state index in [-0.39, 0.29) is 17.4 Å². The van der Waals surface area contributed by atoms with Gasteiger partial charge in [-0.1, -0.05) is 62.2 Å². The number of hydrogen-bond acceptors (Lipinski definition) is 2. The van der Waals surface area contributed by atoms with Gasteiger partial charge in [-0.05, 0) is 48.9 Å². The normalized spacial score (nSPS) is 16.9. The molecule has 1 unspecified atom stereocenters. The molecule has 3 nitrogen and oxygen atoms in total. The molecular weight excluding hydrogens is 322 g/mol. The number of methoxy groups -OCH3 is 1. The van der Waals surface area contributed by atoms with Crippen LogP contribution in [0.4, 0.5) is 0 Å². The van der Waals surface area contributed by atoms with Crippen molar-refractivity contribution in [2.75, 3.05) is 7.11 Å². The van der Waals surface area contributed by atoms with Crippen LogP contribution in [0.25, 0.3) is 0 Å². The van der Waals surface area contributed by atoms with E-state index in [0.29, 0.717) is 0 Å². The summed E-state index contributed by atoms with van der Waals surface area (Å²) in [7, 11) is 1.69. The third-order valence-corrected chi connectivity index (χ3v) is 5.75. The predicted octanol–water partition coefficient (Wildman–Crippen LogP) is 5.08. The lowest BCUT2D eigenvalue weighted by Crippen LogP contribution is -2.44. The molecule has 0 spiro atoms. The Morgan fingerprint density at radius 3 is 2.42 bits per heavy atom. The topological polar surface area (TPSA) is 38.3 Å². The highest BCUT2D eigenvalue weighted by Crippen LogP contribution is 2.42. The van der Waals surface area contributed by atoms with E-state index in [2.05, 4.69) is 36.5 Å². The summed E-state index contributed by atoms with van der Waals surface area (Å²) >= 11 is 0. The fraction of sp³-hybridized carbons (Fsp3) is 0.435. The first kappa shape index (κ1) is 18.5. The Kier molecular flexibility index (Phi) is 5.65. The highest BCUT2D eigenvalue weighted by molar-refractivity contribution is 5.89. The van der Waals surface area contributed by atoms with E-state index in [1.807, 2.05) is 31.2 Å². The SMILES string of the molecule is CCC(NC(=O)C1(c2ccccc2)CCCC1)c1ccc(OC)c(C)c1. The van der Waals surface area contributed by atoms with E-state index in [0.717, 1.165) is 54.5 Å². The molecule has 0 aliphatic heterocycles. The van der Waals surface area contributed by atoms with Crippen LogP contribution >= 0.6 is 0 Å². The number of rotatable bonds is 6. The van der Waals surface area contributed by atoms with Crippen molar-refractivity contribution in [3.63, 3.8) is 0 Å². The summed E-state index contributed by atoms with van der Waals surface area (Å²) < 4.78 is 5.36. The third-order valence-electron chi connectivity index (χ3n) is 5.75. The summed E-state index contributed by atoms with van der Waals surface area (Å²) in [5, 5.41) is 3.35. The Balaban J connectivity index is 1.85. The minimum Gasteiger partial charge on any atom is -0.496 e. The fourth-order valence-electron chi connectivity index (χ4n) is 4.22. The van der Waals surface area contributed by atoms with E-state index >= 15 is 0 Å². The second-order valence-electron chi connectivity index (χ2n) is 7.32. The molecule has 1 amide bonds. The number of aryl methyl sites for hydroxylation is 1. The molecule has 2 aromatic carbocycles. The summed E-state index contributed by atoms with van der Waals surface area (Å²) in [5.41, 5.74) is 3.00. The van der Waals surface area contributed by atoms with Crippen molar-refractivity contribution in [2.24, 2.45) is 0 Å². The van der Waals surface area contributed by atoms with E-state index in [1.165, 1.54) is 0 Å². The van der Waals surface area contributed by atoms with Crippen LogP contribution in [0.15, 0.2) is 48.5 Å². The molecule has 0 saturated heterocycles. The molecule has 0 aromatic heterocycles. The second kappa shape index (κ2) is 7.94. The zero-order valence-electron chi connectivity index (χ0n) is 16.0. The minimum absolute atomic E-state index is 0.0216. The lowest BCUT2D eigenvalue weighted by Gasteiger charge is -2.31. The van der Waals surface area contributed by atoms with E-state index in [4.69, 9.17) is 4.74 Å². The van der Waals surface area contributed by atoms with Crippen LogP contribution in [0.1, 0.15) is 61.8 Å². The zero-order valence-corrected chi connectivity index (χ0v) is 16.0. The van der Waals surface area contributed by atoms with Crippen molar-refractivity contribution in [3.05, 3.63) is 65.2 Å². The number of benzene rings is 2. The Hall–Kier alpha value is -2.29. The fourth-order valence-corrected chi connectivity index (χ4v) is 4.22. The third kappa shape index (κ3) is 3.48. The molecule has 1 atom stereocenters. The molecule has 3 heteroatoms. The highest BCUT2D eigenvalue weighted by atomic mass is 16.5. The predicted molar refractivity (Wildman–Crippen MR) is 105 cm³/mol. The van der Waals surface area contributed by atoms with Crippen molar-refractivity contribution in [1.82, 2.24) is 5.32 Å². The number of ether oxygens (including phenoxy) is 1. The molecular formula is C23H29NO2. The van der Waals surface area contributed by atoms with Gasteiger partial charge in [0.25, 0.3) is 0 Å². The van der Waals surface area contributed by atoms with Crippen molar-refractivity contribution in [3.8, 4) is 5.75 Å². The van der Waals surface area contributed by atoms with Gasteiger partial charge in [0.15, 0.2) is 0 Å². The molecule has 3 rings (SSSR count). The average Bonchev–Trinajstić information content (AvgIpc) is 3.18. The molecule has 1 aliphatic rings. The largest absolute Gasteiger partial charge is 0.496 e. The van der Waals surface area contributed by atoms with Gasteiger partial charge in [-0.2, -0.15) is 0 Å². The number of nitrogens with one attached hydrogen (secondary N) is 1. The Bertz CT molecular complexity index is 748. The van der Waals surface area contributed by atoms with Gasteiger partial charge in [0.1, 0.15) is 5.75 Å². The van der Waals surface area contributed by atoms with Crippen LogP contribution in [0.2, 0.25) is 0 Å². The van der Waals surface area contributed by atoms with Crippen LogP contribution in [0.3, 0.4) is 0 Å². The summed E-state index contributed by atoms with van der Waals surface area (Å²) in [4.78, 5) is 13.4. The molecule has 1 N–H and O–H groups in total. The first-order valence-corrected chi connectivity index (χ1v) is 9.62. The Morgan fingerprint density at radius 2 is 1.85 bits per heavy atom. The van der Waals surface area contributed by atoms with Gasteiger partial charge in [-0.3, -0.25) is 4.79 Å². The van der Waals surface area contributed by atoms with Gasteiger partial charge in [-0.25, -0.2) is 0 Å². The van der Waals surface area contributed by atoms with Gasteiger partial charge >= 0.3 is 0 Å². The average molecular weight is 351 g/mol. The minimum atomic E-state index is -0.379. The molecule has 0 bridgehead atoms. The maximum Gasteiger partial charge on any atom is 0.231 e. The first-order valence-electron chi connectivity index (χ1n) is 9.62. The van der Waals surface area contributed by atoms with Crippen LogP contribution in [-0.4, -0.2) is 13.0 Å². The van der Waals surface area contributed by atoms with Crippen molar-refractivity contribution < 1.29 is 9.53 Å². The maximum absolute atomic E-state index is 13.4. The molecule has 0 radical (unpaired) electrons. The molecule has 2 aromatic rings. The summed E-state index contributed by atoms with van der Waals surface area (Å²) in [6.07, 6.45) is 4.95. The molecule has 138 valence electrons. The number of amides is 1. The molecule has 26 heavy (non-hydrogen) atoms. The van der Waals surface area contributed by atoms with Gasteiger partial charge < -0.3 is 10.1 Å². The molecule has 1 saturated carbocycles. The number of hydrogen-bond donors (Lipinski definition) is 1. The van der Waals surface area contributed by atoms with Crippen molar-refractivity contribution in [2.45, 2.75) is 57.4 Å². The monoisotopic (exact) mass is 351 g/mol.